The molecule has 0 spiro atoms. The molecule has 3 rings (SSSR count). The van der Waals surface area contributed by atoms with E-state index >= 15 is 0 Å². The van der Waals surface area contributed by atoms with Crippen LogP contribution in [0.4, 0.5) is 4.39 Å². The van der Waals surface area contributed by atoms with Gasteiger partial charge in [-0.3, -0.25) is 28.9 Å². The Morgan fingerprint density at radius 2 is 1.76 bits per heavy atom. The second-order valence-corrected chi connectivity index (χ2v) is 16.0. The van der Waals surface area contributed by atoms with Gasteiger partial charge in [-0.2, -0.15) is 0 Å². The number of methoxy groups -OCH3 is 1. The van der Waals surface area contributed by atoms with Crippen molar-refractivity contribution in [3.63, 3.8) is 0 Å². The lowest BCUT2D eigenvalue weighted by molar-refractivity contribution is -0.150. The Hall–Kier alpha value is -3.95. The highest BCUT2D eigenvalue weighted by Crippen LogP contribution is 2.32. The molecule has 7 atom stereocenters. The van der Waals surface area contributed by atoms with Crippen LogP contribution in [0.15, 0.2) is 29.6 Å². The molecule has 0 radical (unpaired) electrons. The van der Waals surface area contributed by atoms with Crippen molar-refractivity contribution in [1.29, 1.82) is 0 Å². The standard InChI is InChI=1S/C40H60FN5O8S/c1-9-25(4)35(44-37(49)32-12-10-11-17-45(32)7)39(50)46(18-19-53-8)33(24(2)3)22-34(54-27(6)47)38-43-31(23-55-38)36(48)42-30(20-26(5)40(51)52)21-28-13-15-29(41)16-14-28/h13-16,23-26,30,32-35H,9-12,17-22H2,1-8H3,(H,42,48)(H,44,49)(H,51,52). The van der Waals surface area contributed by atoms with E-state index < -0.39 is 53.8 Å². The molecule has 3 amide bonds. The first-order chi connectivity index (χ1) is 26.1. The van der Waals surface area contributed by atoms with Crippen molar-refractivity contribution in [1.82, 2.24) is 25.4 Å². The number of carboxylic acid groups (broad SMARTS) is 1. The molecule has 0 saturated carbocycles. The molecule has 1 saturated heterocycles. The summed E-state index contributed by atoms with van der Waals surface area (Å²) < 4.78 is 24.8. The normalized spacial score (nSPS) is 18.0. The van der Waals surface area contributed by atoms with Crippen molar-refractivity contribution in [2.75, 3.05) is 33.9 Å². The number of hydrogen-bond donors (Lipinski definition) is 3. The van der Waals surface area contributed by atoms with Gasteiger partial charge in [-0.1, -0.05) is 59.6 Å². The van der Waals surface area contributed by atoms with E-state index in [2.05, 4.69) is 15.6 Å². The molecule has 0 aliphatic carbocycles. The number of hydrogen-bond acceptors (Lipinski definition) is 10. The van der Waals surface area contributed by atoms with Crippen molar-refractivity contribution in [2.24, 2.45) is 17.8 Å². The van der Waals surface area contributed by atoms with Crippen LogP contribution in [0.2, 0.25) is 0 Å². The predicted molar refractivity (Wildman–Crippen MR) is 208 cm³/mol. The number of carbonyl (C=O) groups excluding carboxylic acids is 4. The highest BCUT2D eigenvalue weighted by molar-refractivity contribution is 7.09. The smallest absolute Gasteiger partial charge is 0.306 e. The van der Waals surface area contributed by atoms with Crippen LogP contribution in [0.25, 0.3) is 0 Å². The summed E-state index contributed by atoms with van der Waals surface area (Å²) in [6.45, 7) is 12.0. The number of aromatic nitrogens is 1. The van der Waals surface area contributed by atoms with Crippen LogP contribution in [0.3, 0.4) is 0 Å². The first-order valence-corrected chi connectivity index (χ1v) is 20.1. The molecule has 1 aliphatic heterocycles. The summed E-state index contributed by atoms with van der Waals surface area (Å²) >= 11 is 1.14. The third-order valence-corrected chi connectivity index (χ3v) is 11.4. The maximum Gasteiger partial charge on any atom is 0.306 e. The molecule has 2 aromatic rings. The third kappa shape index (κ3) is 13.6. The zero-order valence-corrected chi connectivity index (χ0v) is 34.3. The average molecular weight is 790 g/mol. The first kappa shape index (κ1) is 45.4. The van der Waals surface area contributed by atoms with Crippen LogP contribution in [0.1, 0.15) is 107 Å². The van der Waals surface area contributed by atoms with Gasteiger partial charge in [0.2, 0.25) is 11.8 Å². The van der Waals surface area contributed by atoms with Gasteiger partial charge in [0.15, 0.2) is 6.10 Å². The number of likely N-dealkylation sites (tertiary alicyclic amines) is 1. The van der Waals surface area contributed by atoms with Crippen molar-refractivity contribution >= 4 is 41.0 Å². The number of thiazole rings is 1. The van der Waals surface area contributed by atoms with E-state index in [4.69, 9.17) is 9.47 Å². The van der Waals surface area contributed by atoms with E-state index in [1.165, 1.54) is 19.1 Å². The van der Waals surface area contributed by atoms with Gasteiger partial charge in [0.05, 0.1) is 18.6 Å². The fourth-order valence-corrected chi connectivity index (χ4v) is 7.79. The number of benzene rings is 1. The number of likely N-dealkylation sites (N-methyl/N-ethyl adjacent to an activating group) is 1. The van der Waals surface area contributed by atoms with Gasteiger partial charge >= 0.3 is 11.9 Å². The minimum Gasteiger partial charge on any atom is -0.481 e. The van der Waals surface area contributed by atoms with Crippen LogP contribution < -0.4 is 10.6 Å². The highest BCUT2D eigenvalue weighted by atomic mass is 32.1. The first-order valence-electron chi connectivity index (χ1n) is 19.3. The molecule has 0 bridgehead atoms. The van der Waals surface area contributed by atoms with Crippen molar-refractivity contribution < 1.29 is 42.9 Å². The predicted octanol–water partition coefficient (Wildman–Crippen LogP) is 5.24. The number of amides is 3. The van der Waals surface area contributed by atoms with E-state index in [-0.39, 0.29) is 67.8 Å². The number of halogens is 1. The number of nitrogens with zero attached hydrogens (tertiary/aromatic N) is 3. The number of carbonyl (C=O) groups is 5. The number of aliphatic carboxylic acids is 1. The molecule has 1 fully saturated rings. The summed E-state index contributed by atoms with van der Waals surface area (Å²) in [5, 5.41) is 17.5. The third-order valence-electron chi connectivity index (χ3n) is 10.4. The fourth-order valence-electron chi connectivity index (χ4n) is 6.95. The maximum absolute atomic E-state index is 14.6. The van der Waals surface area contributed by atoms with Crippen LogP contribution >= 0.6 is 11.3 Å². The Morgan fingerprint density at radius 3 is 2.35 bits per heavy atom. The molecular weight excluding hydrogens is 730 g/mol. The average Bonchev–Trinajstić information content (AvgIpc) is 3.64. The largest absolute Gasteiger partial charge is 0.481 e. The number of nitrogens with one attached hydrogen (secondary N) is 2. The van der Waals surface area contributed by atoms with Crippen molar-refractivity contribution in [3.8, 4) is 0 Å². The molecule has 15 heteroatoms. The summed E-state index contributed by atoms with van der Waals surface area (Å²) in [5.41, 5.74) is 0.784. The van der Waals surface area contributed by atoms with Crippen LogP contribution in [0.5, 0.6) is 0 Å². The number of piperidine rings is 1. The molecule has 1 aliphatic rings. The molecule has 1 aromatic heterocycles. The van der Waals surface area contributed by atoms with Crippen LogP contribution in [0, 0.1) is 23.6 Å². The van der Waals surface area contributed by atoms with Gasteiger partial charge in [-0.15, -0.1) is 11.3 Å². The van der Waals surface area contributed by atoms with E-state index in [1.807, 2.05) is 39.6 Å². The van der Waals surface area contributed by atoms with Gasteiger partial charge in [-0.25, -0.2) is 9.37 Å². The molecule has 13 nitrogen and oxygen atoms in total. The fraction of sp³-hybridized carbons (Fsp3) is 0.650. The summed E-state index contributed by atoms with van der Waals surface area (Å²) in [6, 6.07) is 3.61. The number of esters is 1. The lowest BCUT2D eigenvalue weighted by Gasteiger charge is -2.40. The van der Waals surface area contributed by atoms with E-state index in [0.717, 1.165) is 42.7 Å². The van der Waals surface area contributed by atoms with E-state index in [9.17, 15) is 33.5 Å². The van der Waals surface area contributed by atoms with E-state index in [1.54, 1.807) is 36.4 Å². The lowest BCUT2D eigenvalue weighted by atomic mass is 9.92. The van der Waals surface area contributed by atoms with Crippen molar-refractivity contribution in [3.05, 3.63) is 51.7 Å². The van der Waals surface area contributed by atoms with E-state index in [0.29, 0.717) is 11.4 Å². The molecule has 2 heterocycles. The number of rotatable bonds is 21. The summed E-state index contributed by atoms with van der Waals surface area (Å²) in [5.74, 6) is -3.99. The van der Waals surface area contributed by atoms with Gasteiger partial charge in [0, 0.05) is 44.5 Å². The Balaban J connectivity index is 1.90. The van der Waals surface area contributed by atoms with Gasteiger partial charge in [0.1, 0.15) is 22.6 Å². The molecule has 7 unspecified atom stereocenters. The van der Waals surface area contributed by atoms with Gasteiger partial charge in [-0.05, 0) is 68.8 Å². The summed E-state index contributed by atoms with van der Waals surface area (Å²) in [6.07, 6.45) is 2.99. The maximum atomic E-state index is 14.6. The molecule has 1 aromatic carbocycles. The van der Waals surface area contributed by atoms with Crippen molar-refractivity contribution in [2.45, 2.75) is 117 Å². The monoisotopic (exact) mass is 789 g/mol. The molecule has 306 valence electrons. The second-order valence-electron chi connectivity index (χ2n) is 15.1. The zero-order valence-electron chi connectivity index (χ0n) is 33.5. The Kier molecular flexibility index (Phi) is 18.1. The molecule has 55 heavy (non-hydrogen) atoms. The number of ether oxygens (including phenoxy) is 2. The quantitative estimate of drug-likeness (QED) is 0.142. The van der Waals surface area contributed by atoms with Crippen LogP contribution in [-0.4, -0.2) is 108 Å². The van der Waals surface area contributed by atoms with Gasteiger partial charge in [0.25, 0.3) is 5.91 Å². The highest BCUT2D eigenvalue weighted by Gasteiger charge is 2.39. The zero-order chi connectivity index (χ0) is 40.8. The Bertz CT molecular complexity index is 1570. The minimum atomic E-state index is -1.01. The second kappa shape index (κ2) is 22.0. The summed E-state index contributed by atoms with van der Waals surface area (Å²) in [7, 11) is 3.48. The summed E-state index contributed by atoms with van der Waals surface area (Å²) in [4.78, 5) is 74.3. The number of carboxylic acids is 1. The minimum absolute atomic E-state index is 0.0601. The Morgan fingerprint density at radius 1 is 1.07 bits per heavy atom. The van der Waals surface area contributed by atoms with Crippen LogP contribution in [-0.2, 0) is 35.1 Å². The van der Waals surface area contributed by atoms with Gasteiger partial charge < -0.3 is 30.1 Å². The SMILES string of the molecule is CCC(C)C(NC(=O)C1CCCCN1C)C(=O)N(CCOC)C(CC(OC(C)=O)c1nc(C(=O)NC(Cc2ccc(F)cc2)CC(C)C(=O)O)cs1)C(C)C. The Labute approximate surface area is 328 Å². The molecule has 3 N–H and O–H groups in total. The molecular formula is C40H60FN5O8S. The lowest BCUT2D eigenvalue weighted by Crippen LogP contribution is -2.59. The topological polar surface area (TPSA) is 167 Å².